The Labute approximate surface area is 177 Å². The molecule has 4 rings (SSSR count). The van der Waals surface area contributed by atoms with Crippen molar-refractivity contribution in [2.24, 2.45) is 0 Å². The zero-order valence-corrected chi connectivity index (χ0v) is 16.8. The molecular weight excluding hydrogens is 405 g/mol. The molecule has 1 saturated heterocycles. The minimum Gasteiger partial charge on any atom is -0.355 e. The van der Waals surface area contributed by atoms with Gasteiger partial charge in [0.15, 0.2) is 0 Å². The second-order valence-corrected chi connectivity index (χ2v) is 7.37. The number of carbonyl (C=O) groups excluding carboxylic acids is 1. The largest absolute Gasteiger partial charge is 0.419 e. The number of amides is 1. The van der Waals surface area contributed by atoms with Crippen molar-refractivity contribution < 1.29 is 18.0 Å². The van der Waals surface area contributed by atoms with Gasteiger partial charge in [-0.25, -0.2) is 4.98 Å². The molecule has 160 valence electrons. The highest BCUT2D eigenvalue weighted by atomic mass is 19.4. The molecule has 0 aliphatic carbocycles. The summed E-state index contributed by atoms with van der Waals surface area (Å²) in [6.45, 7) is 2.52. The van der Waals surface area contributed by atoms with E-state index >= 15 is 0 Å². The van der Waals surface area contributed by atoms with Crippen LogP contribution in [0.15, 0.2) is 60.8 Å². The molecule has 0 saturated carbocycles. The number of pyridine rings is 1. The van der Waals surface area contributed by atoms with Crippen molar-refractivity contribution in [1.29, 1.82) is 0 Å². The van der Waals surface area contributed by atoms with Crippen LogP contribution < -0.4 is 15.5 Å². The Morgan fingerprint density at radius 1 is 1.00 bits per heavy atom. The first-order valence-corrected chi connectivity index (χ1v) is 9.88. The van der Waals surface area contributed by atoms with E-state index in [4.69, 9.17) is 0 Å². The number of aromatic nitrogens is 1. The number of benzene rings is 2. The zero-order valence-electron chi connectivity index (χ0n) is 16.8. The molecule has 0 bridgehead atoms. The highest BCUT2D eigenvalue weighted by Crippen LogP contribution is 2.37. The van der Waals surface area contributed by atoms with Crippen molar-refractivity contribution in [3.63, 3.8) is 0 Å². The van der Waals surface area contributed by atoms with E-state index in [2.05, 4.69) is 15.6 Å². The van der Waals surface area contributed by atoms with E-state index in [-0.39, 0.29) is 17.4 Å². The highest BCUT2D eigenvalue weighted by molar-refractivity contribution is 5.95. The summed E-state index contributed by atoms with van der Waals surface area (Å²) in [6, 6.07) is 15.6. The molecule has 1 amide bonds. The smallest absolute Gasteiger partial charge is 0.355 e. The predicted octanol–water partition coefficient (Wildman–Crippen LogP) is 6.02. The van der Waals surface area contributed by atoms with Crippen LogP contribution in [0.4, 0.5) is 41.7 Å². The minimum atomic E-state index is -4.54. The van der Waals surface area contributed by atoms with Crippen molar-refractivity contribution in [2.45, 2.75) is 25.9 Å². The lowest BCUT2D eigenvalue weighted by molar-refractivity contribution is -0.137. The normalized spacial score (nSPS) is 14.1. The second-order valence-electron chi connectivity index (χ2n) is 7.37. The fourth-order valence-corrected chi connectivity index (χ4v) is 3.51. The number of para-hydroxylation sites is 1. The predicted molar refractivity (Wildman–Crippen MR) is 115 cm³/mol. The standard InChI is InChI=1S/C23H21F3N4O/c1-15-5-2-3-6-19(15)29-20-13-21(27-14-18(20)23(24,25)26)28-16-8-10-17(11-9-16)30-12-4-7-22(30)31/h2-3,5-6,8-11,13-14H,4,7,12H2,1H3,(H2,27,28,29). The van der Waals surface area contributed by atoms with Gasteiger partial charge in [-0.05, 0) is 49.2 Å². The number of carbonyl (C=O) groups is 1. The van der Waals surface area contributed by atoms with Gasteiger partial charge in [0.25, 0.3) is 0 Å². The SMILES string of the molecule is Cc1ccccc1Nc1cc(Nc2ccc(N3CCCC3=O)cc2)ncc1C(F)(F)F. The number of nitrogens with one attached hydrogen (secondary N) is 2. The molecular formula is C23H21F3N4O. The van der Waals surface area contributed by atoms with Crippen molar-refractivity contribution in [2.75, 3.05) is 22.1 Å². The molecule has 8 heteroatoms. The molecule has 31 heavy (non-hydrogen) atoms. The number of alkyl halides is 3. The van der Waals surface area contributed by atoms with Crippen molar-refractivity contribution in [1.82, 2.24) is 4.98 Å². The summed E-state index contributed by atoms with van der Waals surface area (Å²) in [5, 5.41) is 5.91. The van der Waals surface area contributed by atoms with E-state index in [1.54, 1.807) is 29.2 Å². The monoisotopic (exact) mass is 426 g/mol. The van der Waals surface area contributed by atoms with E-state index < -0.39 is 11.7 Å². The molecule has 3 aromatic rings. The molecule has 2 N–H and O–H groups in total. The van der Waals surface area contributed by atoms with Gasteiger partial charge in [-0.1, -0.05) is 18.2 Å². The van der Waals surface area contributed by atoms with Crippen molar-refractivity contribution in [3.05, 3.63) is 71.9 Å². The maximum Gasteiger partial charge on any atom is 0.419 e. The van der Waals surface area contributed by atoms with Gasteiger partial charge in [0, 0.05) is 42.3 Å². The summed E-state index contributed by atoms with van der Waals surface area (Å²) in [6.07, 6.45) is -2.34. The molecule has 2 heterocycles. The van der Waals surface area contributed by atoms with Gasteiger partial charge in [-0.15, -0.1) is 0 Å². The first kappa shape index (κ1) is 20.7. The van der Waals surface area contributed by atoms with Crippen LogP contribution in [0.1, 0.15) is 24.0 Å². The fraction of sp³-hybridized carbons (Fsp3) is 0.217. The van der Waals surface area contributed by atoms with E-state index in [0.717, 1.165) is 23.9 Å². The second kappa shape index (κ2) is 8.29. The summed E-state index contributed by atoms with van der Waals surface area (Å²) < 4.78 is 40.5. The quantitative estimate of drug-likeness (QED) is 0.524. The number of hydrogen-bond donors (Lipinski definition) is 2. The van der Waals surface area contributed by atoms with Gasteiger partial charge in [-0.3, -0.25) is 4.79 Å². The van der Waals surface area contributed by atoms with E-state index in [0.29, 0.717) is 24.3 Å². The third kappa shape index (κ3) is 4.63. The molecule has 0 atom stereocenters. The van der Waals surface area contributed by atoms with Crippen molar-refractivity contribution in [3.8, 4) is 0 Å². The maximum atomic E-state index is 13.5. The van der Waals surface area contributed by atoms with Gasteiger partial charge in [0.1, 0.15) is 5.82 Å². The van der Waals surface area contributed by atoms with Crippen LogP contribution in [-0.4, -0.2) is 17.4 Å². The molecule has 1 fully saturated rings. The summed E-state index contributed by atoms with van der Waals surface area (Å²) in [4.78, 5) is 17.5. The Hall–Kier alpha value is -3.55. The molecule has 1 aliphatic heterocycles. The van der Waals surface area contributed by atoms with Crippen LogP contribution >= 0.6 is 0 Å². The van der Waals surface area contributed by atoms with Gasteiger partial charge in [0.2, 0.25) is 5.91 Å². The van der Waals surface area contributed by atoms with E-state index in [1.807, 2.05) is 31.2 Å². The van der Waals surface area contributed by atoms with Crippen LogP contribution in [0.3, 0.4) is 0 Å². The summed E-state index contributed by atoms with van der Waals surface area (Å²) >= 11 is 0. The molecule has 1 aromatic heterocycles. The number of halogens is 3. The molecule has 5 nitrogen and oxygen atoms in total. The first-order valence-electron chi connectivity index (χ1n) is 9.88. The third-order valence-electron chi connectivity index (χ3n) is 5.15. The maximum absolute atomic E-state index is 13.5. The fourth-order valence-electron chi connectivity index (χ4n) is 3.51. The third-order valence-corrected chi connectivity index (χ3v) is 5.15. The zero-order chi connectivity index (χ0) is 22.0. The molecule has 0 unspecified atom stereocenters. The van der Waals surface area contributed by atoms with Gasteiger partial charge in [0.05, 0.1) is 11.3 Å². The average molecular weight is 426 g/mol. The lowest BCUT2D eigenvalue weighted by atomic mass is 10.1. The molecule has 0 radical (unpaired) electrons. The first-order chi connectivity index (χ1) is 14.8. The van der Waals surface area contributed by atoms with Crippen LogP contribution in [-0.2, 0) is 11.0 Å². The van der Waals surface area contributed by atoms with Crippen molar-refractivity contribution >= 4 is 34.5 Å². The van der Waals surface area contributed by atoms with Crippen LogP contribution in [0.2, 0.25) is 0 Å². The lowest BCUT2D eigenvalue weighted by Crippen LogP contribution is -2.23. The summed E-state index contributed by atoms with van der Waals surface area (Å²) in [5.74, 6) is 0.367. The van der Waals surface area contributed by atoms with Gasteiger partial charge in [-0.2, -0.15) is 13.2 Å². The minimum absolute atomic E-state index is 0.0846. The molecule has 0 spiro atoms. The topological polar surface area (TPSA) is 57.3 Å². The average Bonchev–Trinajstić information content (AvgIpc) is 3.15. The van der Waals surface area contributed by atoms with Crippen LogP contribution in [0.25, 0.3) is 0 Å². The van der Waals surface area contributed by atoms with E-state index in [9.17, 15) is 18.0 Å². The number of rotatable bonds is 5. The number of nitrogens with zero attached hydrogens (tertiary/aromatic N) is 2. The Morgan fingerprint density at radius 2 is 1.74 bits per heavy atom. The summed E-state index contributed by atoms with van der Waals surface area (Å²) in [5.41, 5.74) is 1.95. The van der Waals surface area contributed by atoms with Crippen LogP contribution in [0.5, 0.6) is 0 Å². The number of aryl methyl sites for hydroxylation is 1. The lowest BCUT2D eigenvalue weighted by Gasteiger charge is -2.18. The Balaban J connectivity index is 1.59. The van der Waals surface area contributed by atoms with Crippen LogP contribution in [0, 0.1) is 6.92 Å². The number of hydrogen-bond acceptors (Lipinski definition) is 4. The highest BCUT2D eigenvalue weighted by Gasteiger charge is 2.34. The number of anilines is 5. The molecule has 1 aliphatic rings. The van der Waals surface area contributed by atoms with Gasteiger partial charge >= 0.3 is 6.18 Å². The Morgan fingerprint density at radius 3 is 2.39 bits per heavy atom. The molecule has 2 aromatic carbocycles. The summed E-state index contributed by atoms with van der Waals surface area (Å²) in [7, 11) is 0. The Bertz CT molecular complexity index is 1100. The van der Waals surface area contributed by atoms with Gasteiger partial charge < -0.3 is 15.5 Å². The Kier molecular flexibility index (Phi) is 5.54. The van der Waals surface area contributed by atoms with E-state index in [1.165, 1.54) is 6.07 Å².